The van der Waals surface area contributed by atoms with Crippen molar-refractivity contribution in [2.75, 3.05) is 14.2 Å². The molecule has 0 aromatic heterocycles. The van der Waals surface area contributed by atoms with Gasteiger partial charge in [-0.3, -0.25) is 4.79 Å². The number of carbonyl (C=O) groups is 2. The fourth-order valence-corrected chi connectivity index (χ4v) is 2.24. The number of hydrogen-bond donors (Lipinski definition) is 0. The second-order valence-corrected chi connectivity index (χ2v) is 5.28. The Labute approximate surface area is 126 Å². The standard InChI is InChI=1S/C16H26O5/c1-4-5-6-7-8-9-13-14(21-13)10-12(16(18)20-3)11-15(17)19-2/h10,13-14H,4-9,11H2,1-3H3. The van der Waals surface area contributed by atoms with Crippen LogP contribution in [0.1, 0.15) is 51.9 Å². The number of epoxide rings is 1. The Hall–Kier alpha value is -1.36. The summed E-state index contributed by atoms with van der Waals surface area (Å²) in [4.78, 5) is 22.9. The highest BCUT2D eigenvalue weighted by molar-refractivity contribution is 5.93. The second kappa shape index (κ2) is 9.55. The molecule has 5 nitrogen and oxygen atoms in total. The molecular weight excluding hydrogens is 272 g/mol. The molecule has 1 rings (SSSR count). The summed E-state index contributed by atoms with van der Waals surface area (Å²) in [6.45, 7) is 2.19. The molecule has 0 radical (unpaired) electrons. The summed E-state index contributed by atoms with van der Waals surface area (Å²) in [5, 5.41) is 0. The van der Waals surface area contributed by atoms with Crippen molar-refractivity contribution in [2.24, 2.45) is 0 Å². The van der Waals surface area contributed by atoms with Gasteiger partial charge in [-0.15, -0.1) is 0 Å². The van der Waals surface area contributed by atoms with E-state index >= 15 is 0 Å². The number of hydrogen-bond acceptors (Lipinski definition) is 5. The predicted molar refractivity (Wildman–Crippen MR) is 78.8 cm³/mol. The lowest BCUT2D eigenvalue weighted by Gasteiger charge is -2.03. The molecule has 1 saturated heterocycles. The molecule has 0 spiro atoms. The quantitative estimate of drug-likeness (QED) is 0.268. The molecule has 1 aliphatic heterocycles. The van der Waals surface area contributed by atoms with Crippen LogP contribution in [0.2, 0.25) is 0 Å². The van der Waals surface area contributed by atoms with Gasteiger partial charge < -0.3 is 14.2 Å². The summed E-state index contributed by atoms with van der Waals surface area (Å²) in [6, 6.07) is 0. The third-order valence-corrected chi connectivity index (χ3v) is 3.59. The third-order valence-electron chi connectivity index (χ3n) is 3.59. The Morgan fingerprint density at radius 3 is 2.43 bits per heavy atom. The Kier molecular flexibility index (Phi) is 8.05. The lowest BCUT2D eigenvalue weighted by molar-refractivity contribution is -0.143. The first-order valence-electron chi connectivity index (χ1n) is 7.63. The maximum absolute atomic E-state index is 11.6. The average Bonchev–Trinajstić information content (AvgIpc) is 3.23. The molecule has 1 fully saturated rings. The van der Waals surface area contributed by atoms with Crippen LogP contribution in [-0.2, 0) is 23.8 Å². The van der Waals surface area contributed by atoms with E-state index in [2.05, 4.69) is 16.4 Å². The van der Waals surface area contributed by atoms with Crippen molar-refractivity contribution in [3.63, 3.8) is 0 Å². The maximum Gasteiger partial charge on any atom is 0.334 e. The minimum Gasteiger partial charge on any atom is -0.469 e. The normalized spacial score (nSPS) is 21.0. The van der Waals surface area contributed by atoms with E-state index < -0.39 is 11.9 Å². The summed E-state index contributed by atoms with van der Waals surface area (Å²) in [5.41, 5.74) is 0.308. The highest BCUT2D eigenvalue weighted by atomic mass is 16.6. The third kappa shape index (κ3) is 6.76. The molecule has 120 valence electrons. The number of ether oxygens (including phenoxy) is 3. The van der Waals surface area contributed by atoms with Gasteiger partial charge in [0.05, 0.1) is 26.7 Å². The molecule has 21 heavy (non-hydrogen) atoms. The molecule has 0 aromatic rings. The van der Waals surface area contributed by atoms with Crippen LogP contribution in [0.3, 0.4) is 0 Å². The summed E-state index contributed by atoms with van der Waals surface area (Å²) < 4.78 is 14.8. The van der Waals surface area contributed by atoms with Gasteiger partial charge in [-0.25, -0.2) is 4.79 Å². The van der Waals surface area contributed by atoms with Crippen molar-refractivity contribution in [1.82, 2.24) is 0 Å². The fourth-order valence-electron chi connectivity index (χ4n) is 2.24. The average molecular weight is 298 g/mol. The monoisotopic (exact) mass is 298 g/mol. The molecule has 0 bridgehead atoms. The van der Waals surface area contributed by atoms with Crippen molar-refractivity contribution in [1.29, 1.82) is 0 Å². The van der Waals surface area contributed by atoms with Gasteiger partial charge in [0.15, 0.2) is 0 Å². The Balaban J connectivity index is 2.37. The molecule has 1 heterocycles. The van der Waals surface area contributed by atoms with E-state index in [0.29, 0.717) is 5.57 Å². The number of unbranched alkanes of at least 4 members (excludes halogenated alkanes) is 4. The summed E-state index contributed by atoms with van der Waals surface area (Å²) >= 11 is 0. The molecule has 0 amide bonds. The summed E-state index contributed by atoms with van der Waals surface area (Å²) in [6.07, 6.45) is 8.85. The topological polar surface area (TPSA) is 65.1 Å². The molecule has 1 aliphatic rings. The van der Waals surface area contributed by atoms with Gasteiger partial charge >= 0.3 is 11.9 Å². The van der Waals surface area contributed by atoms with E-state index in [-0.39, 0.29) is 18.6 Å². The molecule has 0 aliphatic carbocycles. The SMILES string of the molecule is CCCCCCCC1OC1C=C(CC(=O)OC)C(=O)OC. The number of carbonyl (C=O) groups excluding carboxylic acids is 2. The lowest BCUT2D eigenvalue weighted by Crippen LogP contribution is -2.12. The minimum atomic E-state index is -0.502. The van der Waals surface area contributed by atoms with Gasteiger partial charge in [-0.1, -0.05) is 39.0 Å². The highest BCUT2D eigenvalue weighted by Crippen LogP contribution is 2.30. The van der Waals surface area contributed by atoms with Crippen LogP contribution in [0, 0.1) is 0 Å². The zero-order chi connectivity index (χ0) is 15.7. The summed E-state index contributed by atoms with van der Waals surface area (Å²) in [5.74, 6) is -0.957. The fraction of sp³-hybridized carbons (Fsp3) is 0.750. The molecule has 0 N–H and O–H groups in total. The van der Waals surface area contributed by atoms with Gasteiger partial charge in [0.2, 0.25) is 0 Å². The van der Waals surface area contributed by atoms with Gasteiger partial charge in [0.1, 0.15) is 6.10 Å². The highest BCUT2D eigenvalue weighted by Gasteiger charge is 2.37. The first kappa shape index (κ1) is 17.7. The van der Waals surface area contributed by atoms with E-state index in [1.54, 1.807) is 6.08 Å². The molecule has 2 unspecified atom stereocenters. The number of esters is 2. The van der Waals surface area contributed by atoms with Crippen LogP contribution >= 0.6 is 0 Å². The van der Waals surface area contributed by atoms with Crippen LogP contribution < -0.4 is 0 Å². The second-order valence-electron chi connectivity index (χ2n) is 5.28. The Morgan fingerprint density at radius 1 is 1.10 bits per heavy atom. The Morgan fingerprint density at radius 2 is 1.81 bits per heavy atom. The van der Waals surface area contributed by atoms with Gasteiger partial charge in [-0.05, 0) is 12.5 Å². The number of methoxy groups -OCH3 is 2. The maximum atomic E-state index is 11.6. The van der Waals surface area contributed by atoms with Crippen LogP contribution in [-0.4, -0.2) is 38.4 Å². The molecule has 0 saturated carbocycles. The van der Waals surface area contributed by atoms with Crippen molar-refractivity contribution in [2.45, 2.75) is 64.1 Å². The van der Waals surface area contributed by atoms with Crippen LogP contribution in [0.15, 0.2) is 11.6 Å². The van der Waals surface area contributed by atoms with E-state index in [1.807, 2.05) is 0 Å². The van der Waals surface area contributed by atoms with Crippen molar-refractivity contribution in [3.05, 3.63) is 11.6 Å². The first-order valence-corrected chi connectivity index (χ1v) is 7.63. The molecule has 0 aromatic carbocycles. The van der Waals surface area contributed by atoms with Crippen molar-refractivity contribution < 1.29 is 23.8 Å². The predicted octanol–water partition coefficient (Wildman–Crippen LogP) is 2.78. The summed E-state index contributed by atoms with van der Waals surface area (Å²) in [7, 11) is 2.59. The largest absolute Gasteiger partial charge is 0.469 e. The number of rotatable bonds is 10. The van der Waals surface area contributed by atoms with Crippen molar-refractivity contribution in [3.8, 4) is 0 Å². The molecule has 5 heteroatoms. The van der Waals surface area contributed by atoms with E-state index in [4.69, 9.17) is 4.74 Å². The van der Waals surface area contributed by atoms with Crippen LogP contribution in [0.5, 0.6) is 0 Å². The van der Waals surface area contributed by atoms with Crippen molar-refractivity contribution >= 4 is 11.9 Å². The van der Waals surface area contributed by atoms with Gasteiger partial charge in [0.25, 0.3) is 0 Å². The zero-order valence-corrected chi connectivity index (χ0v) is 13.2. The van der Waals surface area contributed by atoms with Gasteiger partial charge in [-0.2, -0.15) is 0 Å². The van der Waals surface area contributed by atoms with Crippen LogP contribution in [0.4, 0.5) is 0 Å². The minimum absolute atomic E-state index is 0.0741. The van der Waals surface area contributed by atoms with E-state index in [9.17, 15) is 9.59 Å². The molecular formula is C16H26O5. The van der Waals surface area contributed by atoms with Gasteiger partial charge in [0, 0.05) is 5.57 Å². The van der Waals surface area contributed by atoms with E-state index in [1.165, 1.54) is 39.9 Å². The first-order chi connectivity index (χ1) is 10.1. The lowest BCUT2D eigenvalue weighted by atomic mass is 10.1. The van der Waals surface area contributed by atoms with E-state index in [0.717, 1.165) is 12.8 Å². The zero-order valence-electron chi connectivity index (χ0n) is 13.2. The van der Waals surface area contributed by atoms with Crippen LogP contribution in [0.25, 0.3) is 0 Å². The smallest absolute Gasteiger partial charge is 0.334 e. The molecule has 2 atom stereocenters. The Bertz CT molecular complexity index is 375.